The first-order valence-corrected chi connectivity index (χ1v) is 4.56. The van der Waals surface area contributed by atoms with Crippen LogP contribution in [0.2, 0.25) is 0 Å². The summed E-state index contributed by atoms with van der Waals surface area (Å²) in [5.41, 5.74) is 0. The summed E-state index contributed by atoms with van der Waals surface area (Å²) in [4.78, 5) is 10.8. The van der Waals surface area contributed by atoms with Crippen LogP contribution in [-0.4, -0.2) is 30.6 Å². The molecule has 14 heavy (non-hydrogen) atoms. The topological polar surface area (TPSA) is 55.8 Å². The van der Waals surface area contributed by atoms with Crippen molar-refractivity contribution in [1.82, 2.24) is 0 Å². The molecule has 2 atom stereocenters. The highest BCUT2D eigenvalue weighted by Crippen LogP contribution is 2.12. The van der Waals surface area contributed by atoms with Gasteiger partial charge in [0.2, 0.25) is 0 Å². The Balaban J connectivity index is 4.11. The molecule has 1 N–H and O–H groups in total. The smallest absolute Gasteiger partial charge is 0.438 e. The summed E-state index contributed by atoms with van der Waals surface area (Å²) in [5.74, 6) is 0.327. The van der Waals surface area contributed by atoms with Crippen LogP contribution < -0.4 is 0 Å². The second-order valence-corrected chi connectivity index (χ2v) is 3.47. The fourth-order valence-corrected chi connectivity index (χ4v) is 1.06. The maximum absolute atomic E-state index is 10.8. The minimum Gasteiger partial charge on any atom is -0.438 e. The third kappa shape index (κ3) is 4.87. The zero-order valence-corrected chi connectivity index (χ0v) is 8.90. The van der Waals surface area contributed by atoms with Gasteiger partial charge in [-0.1, -0.05) is 20.4 Å². The quantitative estimate of drug-likeness (QED) is 0.545. The van der Waals surface area contributed by atoms with E-state index in [9.17, 15) is 9.90 Å². The first-order valence-electron chi connectivity index (χ1n) is 4.56. The van der Waals surface area contributed by atoms with Gasteiger partial charge in [-0.15, -0.1) is 0 Å². The van der Waals surface area contributed by atoms with Crippen molar-refractivity contribution >= 4 is 6.16 Å². The van der Waals surface area contributed by atoms with Crippen LogP contribution in [0.25, 0.3) is 0 Å². The van der Waals surface area contributed by atoms with Crippen molar-refractivity contribution in [2.75, 3.05) is 7.11 Å². The molecule has 0 fully saturated rings. The van der Waals surface area contributed by atoms with Crippen LogP contribution in [0, 0.1) is 5.92 Å². The molecule has 0 aromatic heterocycles. The van der Waals surface area contributed by atoms with E-state index < -0.39 is 18.4 Å². The lowest BCUT2D eigenvalue weighted by molar-refractivity contribution is -0.0107. The van der Waals surface area contributed by atoms with E-state index in [4.69, 9.17) is 4.74 Å². The zero-order valence-electron chi connectivity index (χ0n) is 8.90. The molecule has 0 aliphatic heterocycles. The molecule has 4 nitrogen and oxygen atoms in total. The van der Waals surface area contributed by atoms with Crippen LogP contribution in [0.3, 0.4) is 0 Å². The van der Waals surface area contributed by atoms with E-state index >= 15 is 0 Å². The first-order chi connectivity index (χ1) is 6.51. The Bertz CT molecular complexity index is 189. The van der Waals surface area contributed by atoms with E-state index in [0.717, 1.165) is 0 Å². The fraction of sp³-hybridized carbons (Fsp3) is 0.700. The standard InChI is InChI=1S/C10H18O4/c1-5-9(14-10(12)13-4)8(11)6-7(2)3/h5,7-9,11H,1,6H2,2-4H3/t8-,9+/m1/s1. The Morgan fingerprint density at radius 1 is 1.57 bits per heavy atom. The summed E-state index contributed by atoms with van der Waals surface area (Å²) in [6.45, 7) is 7.43. The Kier molecular flexibility index (Phi) is 5.95. The minimum absolute atomic E-state index is 0.327. The number of carbonyl (C=O) groups excluding carboxylic acids is 1. The number of rotatable bonds is 5. The van der Waals surface area contributed by atoms with Gasteiger partial charge in [0.15, 0.2) is 0 Å². The van der Waals surface area contributed by atoms with Crippen LogP contribution in [0.1, 0.15) is 20.3 Å². The summed E-state index contributed by atoms with van der Waals surface area (Å²) in [6.07, 6.45) is -0.299. The molecular formula is C10H18O4. The van der Waals surface area contributed by atoms with Crippen LogP contribution in [0.4, 0.5) is 4.79 Å². The highest BCUT2D eigenvalue weighted by atomic mass is 16.7. The summed E-state index contributed by atoms with van der Waals surface area (Å²) in [6, 6.07) is 0. The lowest BCUT2D eigenvalue weighted by Gasteiger charge is -2.20. The zero-order chi connectivity index (χ0) is 11.1. The van der Waals surface area contributed by atoms with Gasteiger partial charge in [0, 0.05) is 0 Å². The molecular weight excluding hydrogens is 184 g/mol. The van der Waals surface area contributed by atoms with Crippen LogP contribution in [-0.2, 0) is 9.47 Å². The second-order valence-electron chi connectivity index (χ2n) is 3.47. The molecule has 0 saturated heterocycles. The number of aliphatic hydroxyl groups excluding tert-OH is 1. The van der Waals surface area contributed by atoms with E-state index in [0.29, 0.717) is 12.3 Å². The predicted octanol–water partition coefficient (Wildman–Crippen LogP) is 1.73. The largest absolute Gasteiger partial charge is 0.508 e. The highest BCUT2D eigenvalue weighted by molar-refractivity contribution is 5.60. The van der Waals surface area contributed by atoms with Gasteiger partial charge < -0.3 is 14.6 Å². The number of hydrogen-bond acceptors (Lipinski definition) is 4. The minimum atomic E-state index is -0.808. The van der Waals surface area contributed by atoms with Gasteiger partial charge in [-0.25, -0.2) is 4.79 Å². The molecule has 4 heteroatoms. The predicted molar refractivity (Wildman–Crippen MR) is 52.9 cm³/mol. The number of aliphatic hydroxyl groups is 1. The Morgan fingerprint density at radius 3 is 2.50 bits per heavy atom. The molecule has 0 unspecified atom stereocenters. The lowest BCUT2D eigenvalue weighted by Crippen LogP contribution is -2.30. The van der Waals surface area contributed by atoms with Crippen LogP contribution >= 0.6 is 0 Å². The molecule has 0 aliphatic carbocycles. The molecule has 0 radical (unpaired) electrons. The van der Waals surface area contributed by atoms with Gasteiger partial charge in [0.05, 0.1) is 13.2 Å². The molecule has 0 aliphatic rings. The molecule has 0 amide bonds. The molecule has 0 saturated carbocycles. The normalized spacial score (nSPS) is 14.6. The highest BCUT2D eigenvalue weighted by Gasteiger charge is 2.21. The summed E-state index contributed by atoms with van der Waals surface area (Å²) in [5, 5.41) is 9.62. The van der Waals surface area contributed by atoms with Crippen molar-refractivity contribution < 1.29 is 19.4 Å². The molecule has 0 spiro atoms. The van der Waals surface area contributed by atoms with Gasteiger partial charge in [0.25, 0.3) is 0 Å². The summed E-state index contributed by atoms with van der Waals surface area (Å²) in [7, 11) is 1.22. The molecule has 82 valence electrons. The van der Waals surface area contributed by atoms with Gasteiger partial charge >= 0.3 is 6.16 Å². The van der Waals surface area contributed by atoms with Gasteiger partial charge in [0.1, 0.15) is 6.10 Å². The molecule has 0 aromatic rings. The maximum Gasteiger partial charge on any atom is 0.508 e. The SMILES string of the molecule is C=C[C@H](OC(=O)OC)[C@H](O)CC(C)C. The number of hydrogen-bond donors (Lipinski definition) is 1. The third-order valence-electron chi connectivity index (χ3n) is 1.72. The van der Waals surface area contributed by atoms with Crippen LogP contribution in [0.5, 0.6) is 0 Å². The summed E-state index contributed by atoms with van der Waals surface area (Å²) < 4.78 is 9.10. The van der Waals surface area contributed by atoms with E-state index in [1.165, 1.54) is 13.2 Å². The Hall–Kier alpha value is -1.03. The maximum atomic E-state index is 10.8. The Labute approximate surface area is 84.5 Å². The van der Waals surface area contributed by atoms with Gasteiger partial charge in [-0.3, -0.25) is 0 Å². The van der Waals surface area contributed by atoms with Crippen molar-refractivity contribution in [3.63, 3.8) is 0 Å². The fourth-order valence-electron chi connectivity index (χ4n) is 1.06. The first kappa shape index (κ1) is 13.0. The number of methoxy groups -OCH3 is 1. The Morgan fingerprint density at radius 2 is 2.14 bits per heavy atom. The number of carbonyl (C=O) groups is 1. The van der Waals surface area contributed by atoms with E-state index in [1.807, 2.05) is 13.8 Å². The molecule has 0 heterocycles. The average Bonchev–Trinajstić information content (AvgIpc) is 2.12. The van der Waals surface area contributed by atoms with Crippen molar-refractivity contribution in [3.8, 4) is 0 Å². The lowest BCUT2D eigenvalue weighted by atomic mass is 10.0. The van der Waals surface area contributed by atoms with E-state index in [2.05, 4.69) is 11.3 Å². The van der Waals surface area contributed by atoms with Crippen molar-refractivity contribution in [2.45, 2.75) is 32.5 Å². The van der Waals surface area contributed by atoms with Gasteiger partial charge in [-0.2, -0.15) is 0 Å². The average molecular weight is 202 g/mol. The molecule has 0 bridgehead atoms. The van der Waals surface area contributed by atoms with E-state index in [1.54, 1.807) is 0 Å². The monoisotopic (exact) mass is 202 g/mol. The number of ether oxygens (including phenoxy) is 2. The van der Waals surface area contributed by atoms with Gasteiger partial charge in [-0.05, 0) is 18.4 Å². The van der Waals surface area contributed by atoms with Crippen molar-refractivity contribution in [1.29, 1.82) is 0 Å². The molecule has 0 aromatic carbocycles. The molecule has 0 rings (SSSR count). The second kappa shape index (κ2) is 6.43. The van der Waals surface area contributed by atoms with Crippen LogP contribution in [0.15, 0.2) is 12.7 Å². The third-order valence-corrected chi connectivity index (χ3v) is 1.72. The van der Waals surface area contributed by atoms with E-state index in [-0.39, 0.29) is 0 Å². The van der Waals surface area contributed by atoms with Crippen molar-refractivity contribution in [2.24, 2.45) is 5.92 Å². The summed E-state index contributed by atoms with van der Waals surface area (Å²) >= 11 is 0. The van der Waals surface area contributed by atoms with Crippen molar-refractivity contribution in [3.05, 3.63) is 12.7 Å².